The number of aromatic nitrogens is 1. The van der Waals surface area contributed by atoms with Crippen molar-refractivity contribution in [3.05, 3.63) is 48.3 Å². The number of anilines is 1. The fourth-order valence-electron chi connectivity index (χ4n) is 2.98. The summed E-state index contributed by atoms with van der Waals surface area (Å²) >= 11 is 0. The van der Waals surface area contributed by atoms with E-state index in [2.05, 4.69) is 22.9 Å². The lowest BCUT2D eigenvalue weighted by Gasteiger charge is -2.33. The fraction of sp³-hybridized carbons (Fsp3) is 0.333. The second-order valence-corrected chi connectivity index (χ2v) is 6.00. The molecule has 0 aliphatic carbocycles. The van der Waals surface area contributed by atoms with Gasteiger partial charge in [0.05, 0.1) is 11.3 Å². The molecule has 2 aromatic rings. The van der Waals surface area contributed by atoms with Crippen molar-refractivity contribution >= 4 is 11.6 Å². The van der Waals surface area contributed by atoms with Gasteiger partial charge in [-0.25, -0.2) is 0 Å². The van der Waals surface area contributed by atoms with E-state index in [-0.39, 0.29) is 5.91 Å². The molecule has 2 heterocycles. The fourth-order valence-corrected chi connectivity index (χ4v) is 2.98. The first-order valence-electron chi connectivity index (χ1n) is 7.74. The number of carbonyl (C=O) groups excluding carboxylic acids is 1. The third-order valence-corrected chi connectivity index (χ3v) is 4.40. The Morgan fingerprint density at radius 1 is 1.14 bits per heavy atom. The van der Waals surface area contributed by atoms with E-state index in [0.717, 1.165) is 48.7 Å². The number of amides is 1. The minimum Gasteiger partial charge on any atom is -0.371 e. The maximum atomic E-state index is 11.8. The summed E-state index contributed by atoms with van der Waals surface area (Å²) in [6.45, 7) is 4.22. The summed E-state index contributed by atoms with van der Waals surface area (Å²) < 4.78 is 0. The van der Waals surface area contributed by atoms with Crippen molar-refractivity contribution in [3.63, 3.8) is 0 Å². The number of nitrogens with zero attached hydrogens (tertiary/aromatic N) is 2. The smallest absolute Gasteiger partial charge is 0.250 e. The summed E-state index contributed by atoms with van der Waals surface area (Å²) in [6.07, 6.45) is 5.86. The summed E-state index contributed by atoms with van der Waals surface area (Å²) in [7, 11) is 0. The van der Waals surface area contributed by atoms with Crippen LogP contribution in [0.15, 0.2) is 42.7 Å². The largest absolute Gasteiger partial charge is 0.371 e. The predicted octanol–water partition coefficient (Wildman–Crippen LogP) is 3.08. The summed E-state index contributed by atoms with van der Waals surface area (Å²) in [5, 5.41) is 0. The molecule has 114 valence electrons. The molecule has 4 nitrogen and oxygen atoms in total. The van der Waals surface area contributed by atoms with Gasteiger partial charge in [-0.2, -0.15) is 0 Å². The van der Waals surface area contributed by atoms with E-state index in [1.54, 1.807) is 12.4 Å². The first-order valence-corrected chi connectivity index (χ1v) is 7.74. The second-order valence-electron chi connectivity index (χ2n) is 6.00. The topological polar surface area (TPSA) is 59.2 Å². The minimum atomic E-state index is -0.366. The summed E-state index contributed by atoms with van der Waals surface area (Å²) in [5.41, 5.74) is 9.30. The molecule has 4 heteroatoms. The predicted molar refractivity (Wildman–Crippen MR) is 88.8 cm³/mol. The number of primary amides is 1. The first-order chi connectivity index (χ1) is 10.6. The van der Waals surface area contributed by atoms with Crippen LogP contribution in [0.3, 0.4) is 0 Å². The van der Waals surface area contributed by atoms with Gasteiger partial charge in [0, 0.05) is 25.5 Å². The Labute approximate surface area is 131 Å². The number of pyridine rings is 1. The van der Waals surface area contributed by atoms with Crippen molar-refractivity contribution in [2.75, 3.05) is 18.0 Å². The molecule has 1 aliphatic rings. The Morgan fingerprint density at radius 3 is 2.45 bits per heavy atom. The molecule has 22 heavy (non-hydrogen) atoms. The third kappa shape index (κ3) is 2.96. The number of rotatable bonds is 3. The van der Waals surface area contributed by atoms with Crippen LogP contribution in [0.5, 0.6) is 0 Å². The van der Waals surface area contributed by atoms with Crippen LogP contribution in [-0.2, 0) is 0 Å². The third-order valence-electron chi connectivity index (χ3n) is 4.40. The SMILES string of the molecule is CC1CCN(c2cc(-c3ccncc3)ccc2C(N)=O)CC1. The molecule has 0 saturated carbocycles. The van der Waals surface area contributed by atoms with E-state index in [4.69, 9.17) is 5.73 Å². The summed E-state index contributed by atoms with van der Waals surface area (Å²) in [5.74, 6) is 0.381. The Kier molecular flexibility index (Phi) is 4.09. The lowest BCUT2D eigenvalue weighted by molar-refractivity contribution is 0.100. The van der Waals surface area contributed by atoms with Gasteiger partial charge in [-0.05, 0) is 54.2 Å². The molecule has 2 N–H and O–H groups in total. The maximum Gasteiger partial charge on any atom is 0.250 e. The van der Waals surface area contributed by atoms with Crippen molar-refractivity contribution in [1.29, 1.82) is 0 Å². The molecular weight excluding hydrogens is 274 g/mol. The van der Waals surface area contributed by atoms with E-state index in [1.165, 1.54) is 0 Å². The van der Waals surface area contributed by atoms with Crippen LogP contribution < -0.4 is 10.6 Å². The molecule has 0 spiro atoms. The van der Waals surface area contributed by atoms with E-state index in [1.807, 2.05) is 24.3 Å². The molecule has 1 aromatic carbocycles. The van der Waals surface area contributed by atoms with Crippen LogP contribution in [0.1, 0.15) is 30.1 Å². The number of hydrogen-bond acceptors (Lipinski definition) is 3. The van der Waals surface area contributed by atoms with Crippen LogP contribution in [0.25, 0.3) is 11.1 Å². The Bertz CT molecular complexity index is 661. The van der Waals surface area contributed by atoms with Gasteiger partial charge in [0.15, 0.2) is 0 Å². The van der Waals surface area contributed by atoms with E-state index in [9.17, 15) is 4.79 Å². The molecule has 0 radical (unpaired) electrons. The Morgan fingerprint density at radius 2 is 1.82 bits per heavy atom. The van der Waals surface area contributed by atoms with E-state index >= 15 is 0 Å². The lowest BCUT2D eigenvalue weighted by atomic mass is 9.96. The van der Waals surface area contributed by atoms with Gasteiger partial charge in [0.2, 0.25) is 0 Å². The average molecular weight is 295 g/mol. The molecule has 1 aromatic heterocycles. The van der Waals surface area contributed by atoms with Crippen molar-refractivity contribution in [1.82, 2.24) is 4.98 Å². The van der Waals surface area contributed by atoms with Gasteiger partial charge in [0.1, 0.15) is 0 Å². The molecule has 3 rings (SSSR count). The Hall–Kier alpha value is -2.36. The van der Waals surface area contributed by atoms with Gasteiger partial charge in [-0.1, -0.05) is 13.0 Å². The van der Waals surface area contributed by atoms with Crippen molar-refractivity contribution in [2.24, 2.45) is 11.7 Å². The zero-order valence-electron chi connectivity index (χ0n) is 12.8. The minimum absolute atomic E-state index is 0.366. The van der Waals surface area contributed by atoms with Gasteiger partial charge in [-0.3, -0.25) is 9.78 Å². The number of carbonyl (C=O) groups is 1. The van der Waals surface area contributed by atoms with Crippen LogP contribution >= 0.6 is 0 Å². The highest BCUT2D eigenvalue weighted by Gasteiger charge is 2.20. The molecule has 1 aliphatic heterocycles. The van der Waals surface area contributed by atoms with E-state index in [0.29, 0.717) is 5.56 Å². The molecule has 0 unspecified atom stereocenters. The lowest BCUT2D eigenvalue weighted by Crippen LogP contribution is -2.34. The zero-order valence-corrected chi connectivity index (χ0v) is 12.8. The monoisotopic (exact) mass is 295 g/mol. The Balaban J connectivity index is 2.00. The molecular formula is C18H21N3O. The summed E-state index contributed by atoms with van der Waals surface area (Å²) in [4.78, 5) is 18.1. The average Bonchev–Trinajstić information content (AvgIpc) is 2.56. The number of nitrogens with two attached hydrogens (primary N) is 1. The quantitative estimate of drug-likeness (QED) is 0.946. The molecule has 1 fully saturated rings. The van der Waals surface area contributed by atoms with Crippen molar-refractivity contribution < 1.29 is 4.79 Å². The molecule has 1 saturated heterocycles. The van der Waals surface area contributed by atoms with Gasteiger partial charge >= 0.3 is 0 Å². The highest BCUT2D eigenvalue weighted by Crippen LogP contribution is 2.30. The van der Waals surface area contributed by atoms with E-state index < -0.39 is 0 Å². The molecule has 1 amide bonds. The standard InChI is InChI=1S/C18H21N3O/c1-13-6-10-21(11-7-13)17-12-15(2-3-16(17)18(19)22)14-4-8-20-9-5-14/h2-5,8-9,12-13H,6-7,10-11H2,1H3,(H2,19,22). The second kappa shape index (κ2) is 6.18. The van der Waals surface area contributed by atoms with Crippen molar-refractivity contribution in [2.45, 2.75) is 19.8 Å². The van der Waals surface area contributed by atoms with Crippen LogP contribution in [0, 0.1) is 5.92 Å². The molecule has 0 bridgehead atoms. The normalized spacial score (nSPS) is 15.8. The molecule has 0 atom stereocenters. The zero-order chi connectivity index (χ0) is 15.5. The highest BCUT2D eigenvalue weighted by atomic mass is 16.1. The van der Waals surface area contributed by atoms with Crippen molar-refractivity contribution in [3.8, 4) is 11.1 Å². The van der Waals surface area contributed by atoms with Crippen LogP contribution in [0.4, 0.5) is 5.69 Å². The van der Waals surface area contributed by atoms with Crippen LogP contribution in [0.2, 0.25) is 0 Å². The van der Waals surface area contributed by atoms with Gasteiger partial charge in [-0.15, -0.1) is 0 Å². The first kappa shape index (κ1) is 14.6. The number of benzene rings is 1. The van der Waals surface area contributed by atoms with Gasteiger partial charge < -0.3 is 10.6 Å². The highest BCUT2D eigenvalue weighted by molar-refractivity contribution is 5.99. The van der Waals surface area contributed by atoms with Crippen LogP contribution in [-0.4, -0.2) is 24.0 Å². The number of piperidine rings is 1. The summed E-state index contributed by atoms with van der Waals surface area (Å²) in [6, 6.07) is 9.81. The van der Waals surface area contributed by atoms with Gasteiger partial charge in [0.25, 0.3) is 5.91 Å². The maximum absolute atomic E-state index is 11.8. The number of hydrogen-bond donors (Lipinski definition) is 1.